The van der Waals surface area contributed by atoms with Crippen LogP contribution in [0.1, 0.15) is 12.7 Å². The van der Waals surface area contributed by atoms with Gasteiger partial charge in [0.2, 0.25) is 0 Å². The fourth-order valence-corrected chi connectivity index (χ4v) is 1.04. The van der Waals surface area contributed by atoms with Gasteiger partial charge in [-0.05, 0) is 6.92 Å². The summed E-state index contributed by atoms with van der Waals surface area (Å²) in [6.07, 6.45) is 2.23. The molecule has 1 heterocycles. The first-order valence-electron chi connectivity index (χ1n) is 4.42. The normalized spacial score (nSPS) is 13.2. The topological polar surface area (TPSA) is 63.0 Å². The van der Waals surface area contributed by atoms with E-state index in [1.165, 1.54) is 0 Å². The first-order chi connectivity index (χ1) is 6.20. The lowest BCUT2D eigenvalue weighted by Crippen LogP contribution is -2.26. The zero-order valence-electron chi connectivity index (χ0n) is 8.06. The summed E-state index contributed by atoms with van der Waals surface area (Å²) in [6, 6.07) is 0. The zero-order chi connectivity index (χ0) is 9.68. The van der Waals surface area contributed by atoms with E-state index in [2.05, 4.69) is 15.5 Å². The summed E-state index contributed by atoms with van der Waals surface area (Å²) in [5, 5.41) is 19.8. The number of aryl methyl sites for hydroxylation is 1. The van der Waals surface area contributed by atoms with Crippen molar-refractivity contribution in [1.82, 2.24) is 20.1 Å². The molecular formula is C8H16N4O. The van der Waals surface area contributed by atoms with Crippen molar-refractivity contribution in [3.8, 4) is 0 Å². The molecule has 0 amide bonds. The molecule has 1 aromatic rings. The van der Waals surface area contributed by atoms with Crippen LogP contribution in [-0.2, 0) is 13.5 Å². The summed E-state index contributed by atoms with van der Waals surface area (Å²) in [5.74, 6) is 0.957. The van der Waals surface area contributed by atoms with Crippen molar-refractivity contribution in [2.75, 3.05) is 13.1 Å². The van der Waals surface area contributed by atoms with E-state index in [4.69, 9.17) is 5.11 Å². The molecule has 0 aliphatic heterocycles. The van der Waals surface area contributed by atoms with Crippen LogP contribution in [0.4, 0.5) is 0 Å². The van der Waals surface area contributed by atoms with Crippen molar-refractivity contribution in [1.29, 1.82) is 0 Å². The van der Waals surface area contributed by atoms with Gasteiger partial charge in [0, 0.05) is 26.6 Å². The first kappa shape index (κ1) is 10.1. The molecule has 74 valence electrons. The maximum atomic E-state index is 8.97. The van der Waals surface area contributed by atoms with Gasteiger partial charge in [0.25, 0.3) is 0 Å². The van der Waals surface area contributed by atoms with E-state index < -0.39 is 0 Å². The van der Waals surface area contributed by atoms with Crippen LogP contribution in [-0.4, -0.2) is 39.1 Å². The molecule has 1 aromatic heterocycles. The molecule has 1 atom stereocenters. The van der Waals surface area contributed by atoms with Gasteiger partial charge in [0.05, 0.1) is 6.10 Å². The van der Waals surface area contributed by atoms with Crippen molar-refractivity contribution in [3.05, 3.63) is 12.2 Å². The fraction of sp³-hybridized carbons (Fsp3) is 0.750. The summed E-state index contributed by atoms with van der Waals surface area (Å²) in [7, 11) is 1.92. The zero-order valence-corrected chi connectivity index (χ0v) is 8.06. The highest BCUT2D eigenvalue weighted by Gasteiger charge is 1.99. The van der Waals surface area contributed by atoms with Gasteiger partial charge < -0.3 is 15.0 Å². The third-order valence-corrected chi connectivity index (χ3v) is 1.77. The summed E-state index contributed by atoms with van der Waals surface area (Å²) in [5.41, 5.74) is 0. The number of aliphatic hydroxyl groups excluding tert-OH is 1. The maximum absolute atomic E-state index is 8.97. The average Bonchev–Trinajstić information content (AvgIpc) is 2.45. The molecule has 0 saturated heterocycles. The van der Waals surface area contributed by atoms with E-state index in [-0.39, 0.29) is 6.10 Å². The maximum Gasteiger partial charge on any atom is 0.133 e. The van der Waals surface area contributed by atoms with Gasteiger partial charge in [-0.3, -0.25) is 0 Å². The Morgan fingerprint density at radius 3 is 3.00 bits per heavy atom. The van der Waals surface area contributed by atoms with Crippen molar-refractivity contribution < 1.29 is 5.11 Å². The van der Waals surface area contributed by atoms with E-state index in [1.54, 1.807) is 13.3 Å². The number of nitrogens with one attached hydrogen (secondary N) is 1. The number of aromatic nitrogens is 3. The molecule has 0 aromatic carbocycles. The van der Waals surface area contributed by atoms with Gasteiger partial charge in [-0.1, -0.05) is 0 Å². The number of hydrogen-bond acceptors (Lipinski definition) is 4. The summed E-state index contributed by atoms with van der Waals surface area (Å²) < 4.78 is 1.89. The molecule has 0 aliphatic rings. The van der Waals surface area contributed by atoms with E-state index in [0.29, 0.717) is 6.54 Å². The van der Waals surface area contributed by atoms with E-state index in [1.807, 2.05) is 11.6 Å². The smallest absolute Gasteiger partial charge is 0.133 e. The highest BCUT2D eigenvalue weighted by Crippen LogP contribution is 1.91. The molecule has 0 aliphatic carbocycles. The van der Waals surface area contributed by atoms with Gasteiger partial charge >= 0.3 is 0 Å². The molecule has 0 spiro atoms. The highest BCUT2D eigenvalue weighted by molar-refractivity contribution is 4.84. The Hall–Kier alpha value is -0.940. The second-order valence-corrected chi connectivity index (χ2v) is 3.16. The minimum absolute atomic E-state index is 0.292. The molecular weight excluding hydrogens is 168 g/mol. The van der Waals surface area contributed by atoms with E-state index >= 15 is 0 Å². The Labute approximate surface area is 77.8 Å². The minimum atomic E-state index is -0.292. The van der Waals surface area contributed by atoms with Gasteiger partial charge in [-0.15, -0.1) is 10.2 Å². The molecule has 2 N–H and O–H groups in total. The number of rotatable bonds is 5. The number of aliphatic hydroxyl groups is 1. The monoisotopic (exact) mass is 184 g/mol. The second kappa shape index (κ2) is 4.94. The lowest BCUT2D eigenvalue weighted by atomic mass is 10.3. The van der Waals surface area contributed by atoms with Crippen LogP contribution in [0.5, 0.6) is 0 Å². The third kappa shape index (κ3) is 3.52. The Morgan fingerprint density at radius 1 is 1.69 bits per heavy atom. The fourth-order valence-electron chi connectivity index (χ4n) is 1.04. The lowest BCUT2D eigenvalue weighted by Gasteiger charge is -2.05. The van der Waals surface area contributed by atoms with Gasteiger partial charge in [-0.2, -0.15) is 0 Å². The van der Waals surface area contributed by atoms with Crippen molar-refractivity contribution in [3.63, 3.8) is 0 Å². The lowest BCUT2D eigenvalue weighted by molar-refractivity contribution is 0.191. The number of nitrogens with zero attached hydrogens (tertiary/aromatic N) is 3. The van der Waals surface area contributed by atoms with Crippen LogP contribution in [0.3, 0.4) is 0 Å². The van der Waals surface area contributed by atoms with Gasteiger partial charge in [0.15, 0.2) is 0 Å². The SMILES string of the molecule is C[C@H](O)CNCCc1nncn1C. The number of hydrogen-bond donors (Lipinski definition) is 2. The highest BCUT2D eigenvalue weighted by atomic mass is 16.3. The standard InChI is InChI=1S/C8H16N4O/c1-7(13)5-9-4-3-8-11-10-6-12(8)2/h6-7,9,13H,3-5H2,1-2H3/t7-/m0/s1. The summed E-state index contributed by atoms with van der Waals surface area (Å²) in [4.78, 5) is 0. The van der Waals surface area contributed by atoms with E-state index in [0.717, 1.165) is 18.8 Å². The largest absolute Gasteiger partial charge is 0.392 e. The molecule has 13 heavy (non-hydrogen) atoms. The van der Waals surface area contributed by atoms with Crippen LogP contribution < -0.4 is 5.32 Å². The third-order valence-electron chi connectivity index (χ3n) is 1.77. The van der Waals surface area contributed by atoms with Crippen LogP contribution in [0.2, 0.25) is 0 Å². The van der Waals surface area contributed by atoms with Crippen molar-refractivity contribution >= 4 is 0 Å². The van der Waals surface area contributed by atoms with Crippen LogP contribution >= 0.6 is 0 Å². The molecule has 0 unspecified atom stereocenters. The molecule has 0 bridgehead atoms. The molecule has 1 rings (SSSR count). The Balaban J connectivity index is 2.17. The Bertz CT molecular complexity index is 246. The minimum Gasteiger partial charge on any atom is -0.392 e. The van der Waals surface area contributed by atoms with Crippen LogP contribution in [0, 0.1) is 0 Å². The Morgan fingerprint density at radius 2 is 2.46 bits per heavy atom. The quantitative estimate of drug-likeness (QED) is 0.596. The Kier molecular flexibility index (Phi) is 3.85. The molecule has 5 heteroatoms. The van der Waals surface area contributed by atoms with Gasteiger partial charge in [-0.25, -0.2) is 0 Å². The molecule has 0 saturated carbocycles. The summed E-state index contributed by atoms with van der Waals surface area (Å²) in [6.45, 7) is 3.20. The molecule has 0 fully saturated rings. The molecule has 5 nitrogen and oxygen atoms in total. The van der Waals surface area contributed by atoms with Crippen LogP contribution in [0.25, 0.3) is 0 Å². The molecule has 0 radical (unpaired) electrons. The predicted octanol–water partition coefficient (Wildman–Crippen LogP) is -0.672. The van der Waals surface area contributed by atoms with Gasteiger partial charge in [0.1, 0.15) is 12.2 Å². The van der Waals surface area contributed by atoms with Crippen LogP contribution in [0.15, 0.2) is 6.33 Å². The van der Waals surface area contributed by atoms with E-state index in [9.17, 15) is 0 Å². The summed E-state index contributed by atoms with van der Waals surface area (Å²) >= 11 is 0. The van der Waals surface area contributed by atoms with Crippen molar-refractivity contribution in [2.45, 2.75) is 19.4 Å². The average molecular weight is 184 g/mol. The predicted molar refractivity (Wildman–Crippen MR) is 49.3 cm³/mol. The van der Waals surface area contributed by atoms with Crippen molar-refractivity contribution in [2.24, 2.45) is 7.05 Å². The second-order valence-electron chi connectivity index (χ2n) is 3.16. The first-order valence-corrected chi connectivity index (χ1v) is 4.42.